The summed E-state index contributed by atoms with van der Waals surface area (Å²) in [6.07, 6.45) is 5.55. The Kier molecular flexibility index (Phi) is 2.87. The minimum absolute atomic E-state index is 0.439. The van der Waals surface area contributed by atoms with Crippen molar-refractivity contribution in [3.63, 3.8) is 0 Å². The maximum absolute atomic E-state index is 3.80. The van der Waals surface area contributed by atoms with Gasteiger partial charge in [-0.3, -0.25) is 0 Å². The van der Waals surface area contributed by atoms with E-state index in [2.05, 4.69) is 37.8 Å². The average Bonchev–Trinajstić information content (AvgIpc) is 2.09. The fraction of sp³-hybridized carbons (Fsp3) is 1.00. The molecule has 1 heterocycles. The van der Waals surface area contributed by atoms with Gasteiger partial charge in [0.05, 0.1) is 4.87 Å². The fourth-order valence-electron chi connectivity index (χ4n) is 2.85. The van der Waals surface area contributed by atoms with Crippen molar-refractivity contribution in [3.8, 4) is 0 Å². The molecular weight excluding hydrogens is 190 g/mol. The van der Waals surface area contributed by atoms with Crippen molar-refractivity contribution in [1.82, 2.24) is 5.32 Å². The summed E-state index contributed by atoms with van der Waals surface area (Å²) < 4.78 is 0. The van der Waals surface area contributed by atoms with Gasteiger partial charge < -0.3 is 5.32 Å². The largest absolute Gasteiger partial charge is 0.302 e. The lowest BCUT2D eigenvalue weighted by Gasteiger charge is -2.48. The lowest BCUT2D eigenvalue weighted by Crippen LogP contribution is -2.52. The highest BCUT2D eigenvalue weighted by atomic mass is 32.2. The van der Waals surface area contributed by atoms with Crippen LogP contribution in [0.2, 0.25) is 0 Å². The van der Waals surface area contributed by atoms with Crippen molar-refractivity contribution in [2.45, 2.75) is 51.3 Å². The molecule has 2 aliphatic rings. The molecule has 0 aromatic rings. The molecule has 0 aromatic carbocycles. The normalized spacial score (nSPS) is 42.6. The predicted molar refractivity (Wildman–Crippen MR) is 64.6 cm³/mol. The molecule has 2 unspecified atom stereocenters. The van der Waals surface area contributed by atoms with Gasteiger partial charge in [0.25, 0.3) is 0 Å². The summed E-state index contributed by atoms with van der Waals surface area (Å²) in [7, 11) is 0. The van der Waals surface area contributed by atoms with Gasteiger partial charge in [-0.15, -0.1) is 11.8 Å². The number of hydrogen-bond donors (Lipinski definition) is 1. The lowest BCUT2D eigenvalue weighted by atomic mass is 9.74. The van der Waals surface area contributed by atoms with Crippen LogP contribution in [-0.2, 0) is 0 Å². The van der Waals surface area contributed by atoms with Gasteiger partial charge >= 0.3 is 0 Å². The van der Waals surface area contributed by atoms with Crippen molar-refractivity contribution in [2.75, 3.05) is 12.3 Å². The Morgan fingerprint density at radius 1 is 1.29 bits per heavy atom. The van der Waals surface area contributed by atoms with Crippen LogP contribution in [0.5, 0.6) is 0 Å². The van der Waals surface area contributed by atoms with E-state index >= 15 is 0 Å². The van der Waals surface area contributed by atoms with Gasteiger partial charge in [-0.2, -0.15) is 0 Å². The molecule has 2 atom stereocenters. The third kappa shape index (κ3) is 2.27. The summed E-state index contributed by atoms with van der Waals surface area (Å²) in [4.78, 5) is 0.439. The minimum Gasteiger partial charge on any atom is -0.302 e. The van der Waals surface area contributed by atoms with Crippen molar-refractivity contribution < 1.29 is 0 Å². The van der Waals surface area contributed by atoms with Crippen LogP contribution in [0, 0.1) is 11.3 Å². The van der Waals surface area contributed by atoms with Gasteiger partial charge in [-0.05, 0) is 42.9 Å². The first-order chi connectivity index (χ1) is 6.52. The first-order valence-corrected chi connectivity index (χ1v) is 6.89. The molecule has 1 aliphatic carbocycles. The standard InChI is InChI=1S/C12H23NS/c1-10-7-13-12(14-8-10)6-4-5-11(2,3)9-12/h10,13H,4-9H2,1-3H3. The van der Waals surface area contributed by atoms with E-state index in [1.807, 2.05) is 0 Å². The van der Waals surface area contributed by atoms with E-state index in [1.54, 1.807) is 0 Å². The Bertz CT molecular complexity index is 204. The van der Waals surface area contributed by atoms with Crippen LogP contribution in [0.1, 0.15) is 46.5 Å². The van der Waals surface area contributed by atoms with Crippen LogP contribution in [0.4, 0.5) is 0 Å². The summed E-state index contributed by atoms with van der Waals surface area (Å²) in [6, 6.07) is 0. The molecule has 2 heteroatoms. The molecule has 1 spiro atoms. The van der Waals surface area contributed by atoms with E-state index in [-0.39, 0.29) is 0 Å². The van der Waals surface area contributed by atoms with Crippen LogP contribution < -0.4 is 5.32 Å². The number of rotatable bonds is 0. The smallest absolute Gasteiger partial charge is 0.0650 e. The van der Waals surface area contributed by atoms with E-state index in [9.17, 15) is 0 Å². The molecule has 82 valence electrons. The van der Waals surface area contributed by atoms with Crippen molar-refractivity contribution in [1.29, 1.82) is 0 Å². The molecule has 1 N–H and O–H groups in total. The molecule has 1 aliphatic heterocycles. The Hall–Kier alpha value is 0.310. The zero-order valence-corrected chi connectivity index (χ0v) is 10.5. The number of hydrogen-bond acceptors (Lipinski definition) is 2. The molecule has 0 bridgehead atoms. The van der Waals surface area contributed by atoms with Crippen molar-refractivity contribution >= 4 is 11.8 Å². The second-order valence-corrected chi connectivity index (χ2v) is 7.39. The quantitative estimate of drug-likeness (QED) is 0.663. The third-order valence-electron chi connectivity index (χ3n) is 3.62. The zero-order chi connectivity index (χ0) is 10.2. The fourth-order valence-corrected chi connectivity index (χ4v) is 4.54. The van der Waals surface area contributed by atoms with Gasteiger partial charge in [-0.1, -0.05) is 27.2 Å². The monoisotopic (exact) mass is 213 g/mol. The van der Waals surface area contributed by atoms with Crippen LogP contribution in [0.15, 0.2) is 0 Å². The second-order valence-electron chi connectivity index (χ2n) is 5.99. The molecule has 1 nitrogen and oxygen atoms in total. The molecule has 0 amide bonds. The SMILES string of the molecule is CC1CNC2(CCCC(C)(C)C2)SC1. The summed E-state index contributed by atoms with van der Waals surface area (Å²) >= 11 is 2.19. The maximum Gasteiger partial charge on any atom is 0.0650 e. The molecule has 14 heavy (non-hydrogen) atoms. The average molecular weight is 213 g/mol. The summed E-state index contributed by atoms with van der Waals surface area (Å²) in [6.45, 7) is 8.42. The van der Waals surface area contributed by atoms with E-state index in [0.717, 1.165) is 5.92 Å². The summed E-state index contributed by atoms with van der Waals surface area (Å²) in [5, 5.41) is 3.80. The Labute approximate surface area is 92.4 Å². The lowest BCUT2D eigenvalue weighted by molar-refractivity contribution is 0.172. The highest BCUT2D eigenvalue weighted by Gasteiger charge is 2.42. The zero-order valence-electron chi connectivity index (χ0n) is 9.73. The van der Waals surface area contributed by atoms with Gasteiger partial charge in [-0.25, -0.2) is 0 Å². The molecule has 2 rings (SSSR count). The Morgan fingerprint density at radius 2 is 2.07 bits per heavy atom. The molecule has 1 saturated carbocycles. The van der Waals surface area contributed by atoms with Crippen LogP contribution in [-0.4, -0.2) is 17.2 Å². The molecule has 1 saturated heterocycles. The highest BCUT2D eigenvalue weighted by Crippen LogP contribution is 2.48. The van der Waals surface area contributed by atoms with Gasteiger partial charge in [0.1, 0.15) is 0 Å². The third-order valence-corrected chi connectivity index (χ3v) is 5.40. The van der Waals surface area contributed by atoms with E-state index < -0.39 is 0 Å². The molecular formula is C12H23NS. The van der Waals surface area contributed by atoms with E-state index in [1.165, 1.54) is 38.0 Å². The minimum atomic E-state index is 0.439. The van der Waals surface area contributed by atoms with Gasteiger partial charge in [0, 0.05) is 0 Å². The van der Waals surface area contributed by atoms with Crippen molar-refractivity contribution in [2.24, 2.45) is 11.3 Å². The number of thioether (sulfide) groups is 1. The van der Waals surface area contributed by atoms with E-state index in [4.69, 9.17) is 0 Å². The predicted octanol–water partition coefficient (Wildman–Crippen LogP) is 3.26. The molecule has 0 radical (unpaired) electrons. The maximum atomic E-state index is 3.80. The molecule has 0 aromatic heterocycles. The summed E-state index contributed by atoms with van der Waals surface area (Å²) in [5.74, 6) is 2.21. The topological polar surface area (TPSA) is 12.0 Å². The first kappa shape index (κ1) is 10.8. The first-order valence-electron chi connectivity index (χ1n) is 5.90. The number of nitrogens with one attached hydrogen (secondary N) is 1. The van der Waals surface area contributed by atoms with Crippen molar-refractivity contribution in [3.05, 3.63) is 0 Å². The Balaban J connectivity index is 2.01. The Morgan fingerprint density at radius 3 is 2.64 bits per heavy atom. The second kappa shape index (κ2) is 3.71. The highest BCUT2D eigenvalue weighted by molar-refractivity contribution is 8.00. The van der Waals surface area contributed by atoms with Crippen LogP contribution >= 0.6 is 11.8 Å². The van der Waals surface area contributed by atoms with Crippen LogP contribution in [0.25, 0.3) is 0 Å². The summed E-state index contributed by atoms with van der Waals surface area (Å²) in [5.41, 5.74) is 0.554. The van der Waals surface area contributed by atoms with Crippen LogP contribution in [0.3, 0.4) is 0 Å². The van der Waals surface area contributed by atoms with Gasteiger partial charge in [0.2, 0.25) is 0 Å². The molecule has 2 fully saturated rings. The van der Waals surface area contributed by atoms with E-state index in [0.29, 0.717) is 10.3 Å². The van der Waals surface area contributed by atoms with Gasteiger partial charge in [0.15, 0.2) is 0 Å².